The molecule has 0 radical (unpaired) electrons. The van der Waals surface area contributed by atoms with Crippen molar-refractivity contribution in [1.82, 2.24) is 0 Å². The highest BCUT2D eigenvalue weighted by molar-refractivity contribution is 7.77. The molecule has 0 saturated heterocycles. The molecule has 0 aliphatic heterocycles. The van der Waals surface area contributed by atoms with Gasteiger partial charge in [-0.2, -0.15) is 4.40 Å². The summed E-state index contributed by atoms with van der Waals surface area (Å²) in [5, 5.41) is 0. The second-order valence-corrected chi connectivity index (χ2v) is 3.11. The van der Waals surface area contributed by atoms with Crippen molar-refractivity contribution >= 4 is 22.8 Å². The fourth-order valence-corrected chi connectivity index (χ4v) is 1.00. The number of aliphatic imine (C=N–C) groups is 1. The quantitative estimate of drug-likeness (QED) is 0.402. The first kappa shape index (κ1) is 12.0. The lowest BCUT2D eigenvalue weighted by atomic mass is 10.3. The Bertz CT molecular complexity index is 290. The summed E-state index contributed by atoms with van der Waals surface area (Å²) < 4.78 is 23.4. The maximum Gasteiger partial charge on any atom is 0.135 e. The van der Waals surface area contributed by atoms with Crippen molar-refractivity contribution in [3.8, 4) is 0 Å². The van der Waals surface area contributed by atoms with Crippen LogP contribution in [-0.4, -0.2) is 20.3 Å². The molecular formula is C7H12N3O2S-. The number of allylic oxidation sites excluding steroid dienone is 2. The summed E-state index contributed by atoms with van der Waals surface area (Å²) in [6.07, 6.45) is 1.63. The summed E-state index contributed by atoms with van der Waals surface area (Å²) in [6, 6.07) is 0. The first-order valence-corrected chi connectivity index (χ1v) is 4.58. The predicted octanol–water partition coefficient (Wildman–Crippen LogP) is 0.522. The number of hydrogen-bond acceptors (Lipinski definition) is 3. The third kappa shape index (κ3) is 7.35. The minimum Gasteiger partial charge on any atom is -0.754 e. The molecule has 0 aliphatic carbocycles. The number of nitrogens with zero attached hydrogens (tertiary/aromatic N) is 2. The van der Waals surface area contributed by atoms with E-state index in [2.05, 4.69) is 9.39 Å². The number of amidine groups is 1. The van der Waals surface area contributed by atoms with E-state index in [0.29, 0.717) is 11.4 Å². The Labute approximate surface area is 79.9 Å². The Hall–Kier alpha value is -1.01. The Kier molecular flexibility index (Phi) is 5.17. The maximum absolute atomic E-state index is 10.1. The molecule has 0 fully saturated rings. The van der Waals surface area contributed by atoms with Crippen molar-refractivity contribution in [3.05, 3.63) is 11.8 Å². The minimum absolute atomic E-state index is 0.184. The van der Waals surface area contributed by atoms with Crippen molar-refractivity contribution in [2.75, 3.05) is 0 Å². The van der Waals surface area contributed by atoms with Gasteiger partial charge in [0.2, 0.25) is 0 Å². The summed E-state index contributed by atoms with van der Waals surface area (Å²) >= 11 is -2.45. The van der Waals surface area contributed by atoms with Crippen molar-refractivity contribution in [2.24, 2.45) is 15.1 Å². The molecular weight excluding hydrogens is 190 g/mol. The van der Waals surface area contributed by atoms with Gasteiger partial charge >= 0.3 is 0 Å². The number of nitrogens with two attached hydrogens (primary N) is 1. The first-order valence-electron chi connectivity index (χ1n) is 3.55. The Morgan fingerprint density at radius 1 is 1.46 bits per heavy atom. The second kappa shape index (κ2) is 5.60. The summed E-state index contributed by atoms with van der Waals surface area (Å²) in [7, 11) is 0. The van der Waals surface area contributed by atoms with Crippen molar-refractivity contribution < 1.29 is 8.76 Å². The average molecular weight is 202 g/mol. The van der Waals surface area contributed by atoms with Gasteiger partial charge in [-0.25, -0.2) is 4.99 Å². The molecule has 1 unspecified atom stereocenters. The van der Waals surface area contributed by atoms with Crippen LogP contribution >= 0.6 is 0 Å². The molecule has 0 spiro atoms. The van der Waals surface area contributed by atoms with Crippen LogP contribution in [0.4, 0.5) is 0 Å². The van der Waals surface area contributed by atoms with E-state index in [1.54, 1.807) is 19.9 Å². The van der Waals surface area contributed by atoms with Gasteiger partial charge in [-0.05, 0) is 26.8 Å². The fourth-order valence-electron chi connectivity index (χ4n) is 0.745. The zero-order chi connectivity index (χ0) is 10.4. The molecule has 0 aliphatic rings. The van der Waals surface area contributed by atoms with Crippen molar-refractivity contribution in [2.45, 2.75) is 20.8 Å². The molecule has 0 saturated carbocycles. The van der Waals surface area contributed by atoms with E-state index in [4.69, 9.17) is 5.73 Å². The second-order valence-electron chi connectivity index (χ2n) is 2.50. The van der Waals surface area contributed by atoms with Gasteiger partial charge in [-0.15, -0.1) is 0 Å². The Morgan fingerprint density at radius 3 is 2.38 bits per heavy atom. The lowest BCUT2D eigenvalue weighted by molar-refractivity contribution is 0.539. The predicted molar refractivity (Wildman–Crippen MR) is 53.1 cm³/mol. The molecule has 0 aromatic carbocycles. The molecule has 0 aromatic heterocycles. The van der Waals surface area contributed by atoms with Gasteiger partial charge in [0.1, 0.15) is 5.84 Å². The van der Waals surface area contributed by atoms with Gasteiger partial charge in [0.05, 0.1) is 11.3 Å². The van der Waals surface area contributed by atoms with E-state index >= 15 is 0 Å². The molecule has 0 rings (SSSR count). The SMILES string of the molecule is CC(N)=CC(C)=NC(C)=NS(=O)[O-]. The minimum atomic E-state index is -2.45. The summed E-state index contributed by atoms with van der Waals surface area (Å²) in [4.78, 5) is 3.87. The summed E-state index contributed by atoms with van der Waals surface area (Å²) in [5.41, 5.74) is 6.61. The van der Waals surface area contributed by atoms with Crippen LogP contribution in [0, 0.1) is 0 Å². The molecule has 2 N–H and O–H groups in total. The van der Waals surface area contributed by atoms with E-state index in [1.807, 2.05) is 0 Å². The number of rotatable bonds is 2. The van der Waals surface area contributed by atoms with E-state index in [9.17, 15) is 8.76 Å². The third-order valence-electron chi connectivity index (χ3n) is 0.981. The van der Waals surface area contributed by atoms with Crippen molar-refractivity contribution in [3.63, 3.8) is 0 Å². The zero-order valence-electron chi connectivity index (χ0n) is 7.77. The molecule has 5 nitrogen and oxygen atoms in total. The summed E-state index contributed by atoms with van der Waals surface area (Å²) in [5.74, 6) is 0.184. The first-order chi connectivity index (χ1) is 5.91. The standard InChI is InChI=1S/C7H13N3O2S/c1-5(8)4-6(2)9-7(3)10-13(11)12/h4H,8H2,1-3H3,(H,11,12)/p-1. The lowest BCUT2D eigenvalue weighted by Gasteiger charge is -1.98. The smallest absolute Gasteiger partial charge is 0.135 e. The van der Waals surface area contributed by atoms with Crippen molar-refractivity contribution in [1.29, 1.82) is 0 Å². The average Bonchev–Trinajstić information content (AvgIpc) is 1.80. The molecule has 0 aromatic rings. The molecule has 13 heavy (non-hydrogen) atoms. The molecule has 74 valence electrons. The van der Waals surface area contributed by atoms with Gasteiger partial charge in [0, 0.05) is 11.4 Å². The molecule has 6 heteroatoms. The van der Waals surface area contributed by atoms with E-state index in [1.165, 1.54) is 6.92 Å². The normalized spacial score (nSPS) is 17.4. The zero-order valence-corrected chi connectivity index (χ0v) is 8.59. The highest BCUT2D eigenvalue weighted by Gasteiger charge is 1.89. The largest absolute Gasteiger partial charge is 0.754 e. The third-order valence-corrected chi connectivity index (χ3v) is 1.39. The van der Waals surface area contributed by atoms with Crippen LogP contribution in [0.25, 0.3) is 0 Å². The molecule has 0 amide bonds. The molecule has 0 bridgehead atoms. The molecule has 1 atom stereocenters. The fraction of sp³-hybridized carbons (Fsp3) is 0.429. The highest BCUT2D eigenvalue weighted by Crippen LogP contribution is 1.89. The van der Waals surface area contributed by atoms with E-state index < -0.39 is 11.3 Å². The van der Waals surface area contributed by atoms with Crippen LogP contribution < -0.4 is 5.73 Å². The van der Waals surface area contributed by atoms with Crippen LogP contribution in [0.5, 0.6) is 0 Å². The van der Waals surface area contributed by atoms with Crippen LogP contribution in [-0.2, 0) is 11.3 Å². The maximum atomic E-state index is 10.1. The molecule has 0 heterocycles. The topological polar surface area (TPSA) is 90.9 Å². The number of hydrogen-bond donors (Lipinski definition) is 1. The van der Waals surface area contributed by atoms with Gasteiger partial charge < -0.3 is 10.3 Å². The Morgan fingerprint density at radius 2 is 2.00 bits per heavy atom. The highest BCUT2D eigenvalue weighted by atomic mass is 32.2. The van der Waals surface area contributed by atoms with Crippen LogP contribution in [0.15, 0.2) is 21.2 Å². The van der Waals surface area contributed by atoms with Crippen LogP contribution in [0.2, 0.25) is 0 Å². The monoisotopic (exact) mass is 202 g/mol. The van der Waals surface area contributed by atoms with E-state index in [0.717, 1.165) is 0 Å². The Balaban J connectivity index is 4.57. The van der Waals surface area contributed by atoms with Gasteiger partial charge in [0.15, 0.2) is 0 Å². The van der Waals surface area contributed by atoms with Gasteiger partial charge in [0.25, 0.3) is 0 Å². The van der Waals surface area contributed by atoms with Gasteiger partial charge in [-0.1, -0.05) is 0 Å². The van der Waals surface area contributed by atoms with Crippen LogP contribution in [0.1, 0.15) is 20.8 Å². The summed E-state index contributed by atoms with van der Waals surface area (Å²) in [6.45, 7) is 4.93. The lowest BCUT2D eigenvalue weighted by Crippen LogP contribution is -1.99. The van der Waals surface area contributed by atoms with Crippen LogP contribution in [0.3, 0.4) is 0 Å². The van der Waals surface area contributed by atoms with E-state index in [-0.39, 0.29) is 5.84 Å². The van der Waals surface area contributed by atoms with Gasteiger partial charge in [-0.3, -0.25) is 4.21 Å².